The van der Waals surface area contributed by atoms with Gasteiger partial charge in [-0.05, 0) is 43.3 Å². The van der Waals surface area contributed by atoms with Crippen molar-refractivity contribution in [2.45, 2.75) is 18.7 Å². The lowest BCUT2D eigenvalue weighted by molar-refractivity contribution is 0.102. The highest BCUT2D eigenvalue weighted by atomic mass is 32.2. The molecule has 0 aliphatic rings. The van der Waals surface area contributed by atoms with Crippen LogP contribution in [-0.4, -0.2) is 30.2 Å². The lowest BCUT2D eigenvalue weighted by Gasteiger charge is -2.07. The van der Waals surface area contributed by atoms with Crippen LogP contribution in [0.1, 0.15) is 23.0 Å². The Hall–Kier alpha value is -3.17. The molecule has 0 atom stereocenters. The van der Waals surface area contributed by atoms with Gasteiger partial charge >= 0.3 is 0 Å². The molecule has 8 nitrogen and oxygen atoms in total. The highest BCUT2D eigenvalue weighted by Gasteiger charge is 2.19. The molecular weight excluding hydrogens is 392 g/mol. The van der Waals surface area contributed by atoms with Gasteiger partial charge in [0, 0.05) is 19.2 Å². The van der Waals surface area contributed by atoms with Crippen LogP contribution in [0.3, 0.4) is 0 Å². The van der Waals surface area contributed by atoms with E-state index in [1.165, 1.54) is 28.9 Å². The summed E-state index contributed by atoms with van der Waals surface area (Å²) in [6.07, 6.45) is 0. The predicted octanol–water partition coefficient (Wildman–Crippen LogP) is 2.03. The lowest BCUT2D eigenvalue weighted by atomic mass is 10.2. The fraction of sp³-hybridized carbons (Fsp3) is 0.200. The zero-order chi connectivity index (χ0) is 21.2. The molecule has 3 aromatic rings. The average molecular weight is 414 g/mol. The van der Waals surface area contributed by atoms with Gasteiger partial charge in [-0.3, -0.25) is 14.3 Å². The summed E-state index contributed by atoms with van der Waals surface area (Å²) in [4.78, 5) is 25.6. The Kier molecular flexibility index (Phi) is 5.71. The fourth-order valence-corrected chi connectivity index (χ4v) is 4.00. The summed E-state index contributed by atoms with van der Waals surface area (Å²) in [5.41, 5.74) is 1.34. The summed E-state index contributed by atoms with van der Waals surface area (Å²) in [7, 11) is -1.86. The Morgan fingerprint density at radius 1 is 1.03 bits per heavy atom. The van der Waals surface area contributed by atoms with Crippen LogP contribution in [0.15, 0.2) is 64.3 Å². The molecule has 9 heteroatoms. The topological polar surface area (TPSA) is 102 Å². The van der Waals surface area contributed by atoms with E-state index in [4.69, 9.17) is 0 Å². The van der Waals surface area contributed by atoms with Crippen molar-refractivity contribution in [3.05, 3.63) is 76.2 Å². The average Bonchev–Trinajstić information content (AvgIpc) is 2.92. The summed E-state index contributed by atoms with van der Waals surface area (Å²) >= 11 is 0. The number of aromatic nitrogens is 2. The van der Waals surface area contributed by atoms with E-state index in [0.29, 0.717) is 11.4 Å². The van der Waals surface area contributed by atoms with Crippen LogP contribution in [-0.2, 0) is 17.1 Å². The molecular formula is C20H22N4O4S. The van der Waals surface area contributed by atoms with E-state index in [9.17, 15) is 18.0 Å². The van der Waals surface area contributed by atoms with Gasteiger partial charge in [0.1, 0.15) is 5.69 Å². The number of benzene rings is 2. The number of amides is 1. The van der Waals surface area contributed by atoms with E-state index in [1.54, 1.807) is 37.7 Å². The van der Waals surface area contributed by atoms with E-state index in [-0.39, 0.29) is 28.3 Å². The minimum atomic E-state index is -3.60. The van der Waals surface area contributed by atoms with Crippen molar-refractivity contribution in [1.29, 1.82) is 0 Å². The third-order valence-electron chi connectivity index (χ3n) is 4.55. The second-order valence-corrected chi connectivity index (χ2v) is 8.18. The minimum absolute atomic E-state index is 0.0678. The molecule has 0 saturated heterocycles. The number of hydrogen-bond donors (Lipinski definition) is 2. The van der Waals surface area contributed by atoms with E-state index in [2.05, 4.69) is 10.0 Å². The first-order valence-corrected chi connectivity index (χ1v) is 10.5. The van der Waals surface area contributed by atoms with E-state index in [1.807, 2.05) is 18.2 Å². The number of para-hydroxylation sites is 1. The van der Waals surface area contributed by atoms with Crippen LogP contribution in [0.4, 0.5) is 5.69 Å². The molecule has 2 N–H and O–H groups in total. The van der Waals surface area contributed by atoms with Gasteiger partial charge in [-0.2, -0.15) is 0 Å². The standard InChI is InChI=1S/C20H22N4O4S/c1-4-21-29(27,28)17-12-10-15(11-13-17)19(25)22-18-14(2)23(3)24(20(18)26)16-8-6-5-7-9-16/h5-13,21H,4H2,1-3H3,(H,22,25). The van der Waals surface area contributed by atoms with Gasteiger partial charge in [-0.1, -0.05) is 25.1 Å². The molecule has 0 fully saturated rings. The van der Waals surface area contributed by atoms with Gasteiger partial charge in [-0.15, -0.1) is 0 Å². The largest absolute Gasteiger partial charge is 0.316 e. The second kappa shape index (κ2) is 8.06. The number of carbonyl (C=O) groups excluding carboxylic acids is 1. The number of sulfonamides is 1. The monoisotopic (exact) mass is 414 g/mol. The zero-order valence-electron chi connectivity index (χ0n) is 16.3. The van der Waals surface area contributed by atoms with Gasteiger partial charge in [-0.25, -0.2) is 17.8 Å². The number of hydrogen-bond acceptors (Lipinski definition) is 4. The molecule has 1 heterocycles. The van der Waals surface area contributed by atoms with E-state index < -0.39 is 15.9 Å². The number of nitrogens with one attached hydrogen (secondary N) is 2. The number of rotatable bonds is 6. The summed E-state index contributed by atoms with van der Waals surface area (Å²) < 4.78 is 29.5. The molecule has 1 amide bonds. The maximum Gasteiger partial charge on any atom is 0.295 e. The Bertz CT molecular complexity index is 1190. The van der Waals surface area contributed by atoms with Crippen molar-refractivity contribution in [3.63, 3.8) is 0 Å². The Balaban J connectivity index is 1.89. The molecule has 0 aliphatic heterocycles. The molecule has 0 radical (unpaired) electrons. The van der Waals surface area contributed by atoms with Crippen LogP contribution in [0, 0.1) is 6.92 Å². The maximum absolute atomic E-state index is 12.9. The summed E-state index contributed by atoms with van der Waals surface area (Å²) in [6, 6.07) is 14.6. The third kappa shape index (κ3) is 4.01. The lowest BCUT2D eigenvalue weighted by Crippen LogP contribution is -2.24. The minimum Gasteiger partial charge on any atom is -0.316 e. The molecule has 1 aromatic heterocycles. The zero-order valence-corrected chi connectivity index (χ0v) is 17.2. The Morgan fingerprint density at radius 3 is 2.24 bits per heavy atom. The van der Waals surface area contributed by atoms with Crippen molar-refractivity contribution < 1.29 is 13.2 Å². The van der Waals surface area contributed by atoms with E-state index in [0.717, 1.165) is 0 Å². The van der Waals surface area contributed by atoms with Crippen LogP contribution >= 0.6 is 0 Å². The first-order valence-electron chi connectivity index (χ1n) is 9.01. The molecule has 29 heavy (non-hydrogen) atoms. The normalized spacial score (nSPS) is 11.4. The fourth-order valence-electron chi connectivity index (χ4n) is 2.96. The van der Waals surface area contributed by atoms with Gasteiger partial charge < -0.3 is 5.32 Å². The SMILES string of the molecule is CCNS(=O)(=O)c1ccc(C(=O)Nc2c(C)n(C)n(-c3ccccc3)c2=O)cc1. The molecule has 0 bridgehead atoms. The molecule has 0 unspecified atom stereocenters. The van der Waals surface area contributed by atoms with Gasteiger partial charge in [0.15, 0.2) is 0 Å². The van der Waals surface area contributed by atoms with Crippen molar-refractivity contribution in [2.75, 3.05) is 11.9 Å². The van der Waals surface area contributed by atoms with Crippen molar-refractivity contribution in [1.82, 2.24) is 14.1 Å². The predicted molar refractivity (Wildman–Crippen MR) is 111 cm³/mol. The third-order valence-corrected chi connectivity index (χ3v) is 6.12. The van der Waals surface area contributed by atoms with Crippen LogP contribution in [0.5, 0.6) is 0 Å². The van der Waals surface area contributed by atoms with Crippen LogP contribution < -0.4 is 15.6 Å². The number of nitrogens with zero attached hydrogens (tertiary/aromatic N) is 2. The smallest absolute Gasteiger partial charge is 0.295 e. The van der Waals surface area contributed by atoms with Crippen molar-refractivity contribution in [2.24, 2.45) is 7.05 Å². The first-order chi connectivity index (χ1) is 13.8. The second-order valence-electron chi connectivity index (χ2n) is 6.42. The van der Waals surface area contributed by atoms with Crippen molar-refractivity contribution in [3.8, 4) is 5.69 Å². The summed E-state index contributed by atoms with van der Waals surface area (Å²) in [5, 5.41) is 2.65. The number of carbonyl (C=O) groups is 1. The Morgan fingerprint density at radius 2 is 1.66 bits per heavy atom. The van der Waals surface area contributed by atoms with Crippen molar-refractivity contribution >= 4 is 21.6 Å². The summed E-state index contributed by atoms with van der Waals surface area (Å²) in [6.45, 7) is 3.69. The van der Waals surface area contributed by atoms with Gasteiger partial charge in [0.25, 0.3) is 11.5 Å². The molecule has 152 valence electrons. The van der Waals surface area contributed by atoms with Gasteiger partial charge in [0.05, 0.1) is 16.3 Å². The summed E-state index contributed by atoms with van der Waals surface area (Å²) in [5.74, 6) is -0.497. The maximum atomic E-state index is 12.9. The Labute approximate surface area is 168 Å². The first kappa shape index (κ1) is 20.6. The van der Waals surface area contributed by atoms with E-state index >= 15 is 0 Å². The molecule has 0 spiro atoms. The van der Waals surface area contributed by atoms with Crippen LogP contribution in [0.2, 0.25) is 0 Å². The molecule has 0 aliphatic carbocycles. The molecule has 3 rings (SSSR count). The molecule has 2 aromatic carbocycles. The highest BCUT2D eigenvalue weighted by molar-refractivity contribution is 7.89. The highest BCUT2D eigenvalue weighted by Crippen LogP contribution is 2.16. The number of anilines is 1. The molecule has 0 saturated carbocycles. The quantitative estimate of drug-likeness (QED) is 0.644. The van der Waals surface area contributed by atoms with Crippen LogP contribution in [0.25, 0.3) is 5.69 Å². The van der Waals surface area contributed by atoms with Gasteiger partial charge in [0.2, 0.25) is 10.0 Å².